The molecular weight excluding hydrogens is 302 g/mol. The summed E-state index contributed by atoms with van der Waals surface area (Å²) in [4.78, 5) is 23.1. The van der Waals surface area contributed by atoms with Crippen LogP contribution in [0.5, 0.6) is 17.2 Å². The van der Waals surface area contributed by atoms with Crippen molar-refractivity contribution in [1.82, 2.24) is 5.32 Å². The van der Waals surface area contributed by atoms with E-state index < -0.39 is 0 Å². The number of benzene rings is 1. The van der Waals surface area contributed by atoms with Gasteiger partial charge < -0.3 is 24.3 Å². The number of ether oxygens (including phenoxy) is 4. The minimum Gasteiger partial charge on any atom is -0.496 e. The number of amides is 1. The predicted molar refractivity (Wildman–Crippen MR) is 81.6 cm³/mol. The van der Waals surface area contributed by atoms with Crippen LogP contribution in [0.2, 0.25) is 0 Å². The topological polar surface area (TPSA) is 83.1 Å². The number of esters is 1. The monoisotopic (exact) mass is 323 g/mol. The van der Waals surface area contributed by atoms with Gasteiger partial charge in [0.15, 0.2) is 18.1 Å². The Morgan fingerprint density at radius 1 is 1.04 bits per heavy atom. The molecule has 0 heterocycles. The molecule has 1 aromatic rings. The van der Waals surface area contributed by atoms with Crippen molar-refractivity contribution in [3.05, 3.63) is 17.7 Å². The van der Waals surface area contributed by atoms with E-state index in [9.17, 15) is 9.59 Å². The number of hydrogen-bond acceptors (Lipinski definition) is 6. The van der Waals surface area contributed by atoms with Crippen molar-refractivity contribution in [2.45, 2.75) is 19.4 Å². The molecule has 1 amide bonds. The molecule has 1 saturated carbocycles. The molecule has 0 atom stereocenters. The third-order valence-corrected chi connectivity index (χ3v) is 3.52. The standard InChI is InChI=1S/C16H21NO6/c1-20-12-7-14(22-3)13(21-2)6-11(12)8-17-15(18)9-23-16(19)10-4-5-10/h6-7,10H,4-5,8-9H2,1-3H3,(H,17,18). The van der Waals surface area contributed by atoms with Crippen LogP contribution >= 0.6 is 0 Å². The fourth-order valence-corrected chi connectivity index (χ4v) is 2.05. The molecule has 1 aromatic carbocycles. The van der Waals surface area contributed by atoms with Crippen molar-refractivity contribution in [2.24, 2.45) is 5.92 Å². The molecule has 1 aliphatic rings. The zero-order valence-corrected chi connectivity index (χ0v) is 13.5. The highest BCUT2D eigenvalue weighted by Gasteiger charge is 2.31. The quantitative estimate of drug-likeness (QED) is 0.726. The Balaban J connectivity index is 1.92. The van der Waals surface area contributed by atoms with Crippen LogP contribution in [0.1, 0.15) is 18.4 Å². The summed E-state index contributed by atoms with van der Waals surface area (Å²) in [5, 5.41) is 2.68. The lowest BCUT2D eigenvalue weighted by atomic mass is 10.1. The van der Waals surface area contributed by atoms with Crippen LogP contribution in [-0.4, -0.2) is 39.8 Å². The van der Waals surface area contributed by atoms with Crippen LogP contribution < -0.4 is 19.5 Å². The first-order chi connectivity index (χ1) is 11.1. The van der Waals surface area contributed by atoms with E-state index in [4.69, 9.17) is 18.9 Å². The van der Waals surface area contributed by atoms with Gasteiger partial charge in [0.2, 0.25) is 0 Å². The highest BCUT2D eigenvalue weighted by Crippen LogP contribution is 2.34. The molecule has 126 valence electrons. The fraction of sp³-hybridized carbons (Fsp3) is 0.500. The second kappa shape index (κ2) is 7.71. The molecule has 7 heteroatoms. The van der Waals surface area contributed by atoms with E-state index in [2.05, 4.69) is 5.32 Å². The maximum atomic E-state index is 11.8. The highest BCUT2D eigenvalue weighted by atomic mass is 16.5. The van der Waals surface area contributed by atoms with Crippen LogP contribution in [-0.2, 0) is 20.9 Å². The van der Waals surface area contributed by atoms with Crippen molar-refractivity contribution in [2.75, 3.05) is 27.9 Å². The van der Waals surface area contributed by atoms with Gasteiger partial charge in [0.05, 0.1) is 27.2 Å². The van der Waals surface area contributed by atoms with E-state index in [0.29, 0.717) is 17.2 Å². The van der Waals surface area contributed by atoms with E-state index >= 15 is 0 Å². The predicted octanol–water partition coefficient (Wildman–Crippen LogP) is 1.28. The third-order valence-electron chi connectivity index (χ3n) is 3.52. The molecule has 0 unspecified atom stereocenters. The number of hydrogen-bond donors (Lipinski definition) is 1. The number of nitrogens with one attached hydrogen (secondary N) is 1. The Kier molecular flexibility index (Phi) is 5.67. The Labute approximate surface area is 134 Å². The summed E-state index contributed by atoms with van der Waals surface area (Å²) in [6.07, 6.45) is 1.70. The summed E-state index contributed by atoms with van der Waals surface area (Å²) in [6.45, 7) is -0.0473. The van der Waals surface area contributed by atoms with Gasteiger partial charge in [0, 0.05) is 18.2 Å². The van der Waals surface area contributed by atoms with Gasteiger partial charge in [-0.2, -0.15) is 0 Å². The van der Waals surface area contributed by atoms with Crippen LogP contribution in [0.15, 0.2) is 12.1 Å². The van der Waals surface area contributed by atoms with Gasteiger partial charge in [-0.3, -0.25) is 9.59 Å². The average Bonchev–Trinajstić information content (AvgIpc) is 3.41. The molecule has 1 aliphatic carbocycles. The summed E-state index contributed by atoms with van der Waals surface area (Å²) in [5.74, 6) is 0.960. The number of carbonyl (C=O) groups excluding carboxylic acids is 2. The maximum Gasteiger partial charge on any atom is 0.309 e. The van der Waals surface area contributed by atoms with E-state index in [1.807, 2.05) is 0 Å². The lowest BCUT2D eigenvalue weighted by Crippen LogP contribution is -2.28. The SMILES string of the molecule is COc1cc(OC)c(OC)cc1CNC(=O)COC(=O)C1CC1. The van der Waals surface area contributed by atoms with Gasteiger partial charge in [-0.25, -0.2) is 0 Å². The van der Waals surface area contributed by atoms with Gasteiger partial charge in [-0.05, 0) is 18.9 Å². The maximum absolute atomic E-state index is 11.8. The molecule has 0 spiro atoms. The molecule has 23 heavy (non-hydrogen) atoms. The molecule has 1 N–H and O–H groups in total. The molecule has 1 fully saturated rings. The Morgan fingerprint density at radius 3 is 2.22 bits per heavy atom. The van der Waals surface area contributed by atoms with Crippen molar-refractivity contribution >= 4 is 11.9 Å². The van der Waals surface area contributed by atoms with E-state index in [-0.39, 0.29) is 30.9 Å². The molecule has 0 saturated heterocycles. The first kappa shape index (κ1) is 16.9. The Morgan fingerprint density at radius 2 is 1.65 bits per heavy atom. The number of rotatable bonds is 8. The highest BCUT2D eigenvalue weighted by molar-refractivity contribution is 5.82. The zero-order valence-electron chi connectivity index (χ0n) is 13.5. The van der Waals surface area contributed by atoms with E-state index in [1.54, 1.807) is 12.1 Å². The van der Waals surface area contributed by atoms with Gasteiger partial charge in [-0.1, -0.05) is 0 Å². The average molecular weight is 323 g/mol. The van der Waals surface area contributed by atoms with Crippen molar-refractivity contribution in [1.29, 1.82) is 0 Å². The first-order valence-corrected chi connectivity index (χ1v) is 7.31. The minimum absolute atomic E-state index is 0.0197. The molecule has 7 nitrogen and oxygen atoms in total. The molecule has 0 aliphatic heterocycles. The van der Waals surface area contributed by atoms with Gasteiger partial charge in [0.1, 0.15) is 5.75 Å². The smallest absolute Gasteiger partial charge is 0.309 e. The number of methoxy groups -OCH3 is 3. The fourth-order valence-electron chi connectivity index (χ4n) is 2.05. The van der Waals surface area contributed by atoms with Crippen LogP contribution in [0.4, 0.5) is 0 Å². The van der Waals surface area contributed by atoms with Gasteiger partial charge in [0.25, 0.3) is 5.91 Å². The molecular formula is C16H21NO6. The lowest BCUT2D eigenvalue weighted by Gasteiger charge is -2.14. The van der Waals surface area contributed by atoms with Crippen LogP contribution in [0.25, 0.3) is 0 Å². The molecule has 0 aromatic heterocycles. The molecule has 2 rings (SSSR count). The largest absolute Gasteiger partial charge is 0.496 e. The lowest BCUT2D eigenvalue weighted by molar-refractivity contribution is -0.149. The van der Waals surface area contributed by atoms with Gasteiger partial charge in [-0.15, -0.1) is 0 Å². The number of carbonyl (C=O) groups is 2. The van der Waals surface area contributed by atoms with Crippen molar-refractivity contribution in [3.8, 4) is 17.2 Å². The summed E-state index contributed by atoms with van der Waals surface area (Å²) in [6, 6.07) is 3.42. The zero-order chi connectivity index (χ0) is 16.8. The second-order valence-corrected chi connectivity index (χ2v) is 5.18. The second-order valence-electron chi connectivity index (χ2n) is 5.18. The van der Waals surface area contributed by atoms with Gasteiger partial charge >= 0.3 is 5.97 Å². The Bertz CT molecular complexity index is 582. The van der Waals surface area contributed by atoms with Crippen molar-refractivity contribution < 1.29 is 28.5 Å². The third kappa shape index (κ3) is 4.51. The van der Waals surface area contributed by atoms with Crippen LogP contribution in [0.3, 0.4) is 0 Å². The van der Waals surface area contributed by atoms with E-state index in [0.717, 1.165) is 18.4 Å². The molecule has 0 radical (unpaired) electrons. The summed E-state index contributed by atoms with van der Waals surface area (Å²) in [7, 11) is 4.60. The summed E-state index contributed by atoms with van der Waals surface area (Å²) >= 11 is 0. The summed E-state index contributed by atoms with van der Waals surface area (Å²) in [5.41, 5.74) is 0.729. The normalized spacial score (nSPS) is 13.2. The first-order valence-electron chi connectivity index (χ1n) is 7.31. The van der Waals surface area contributed by atoms with E-state index in [1.165, 1.54) is 21.3 Å². The van der Waals surface area contributed by atoms with Crippen LogP contribution in [0, 0.1) is 5.92 Å². The minimum atomic E-state index is -0.365. The molecule has 0 bridgehead atoms. The Hall–Kier alpha value is -2.44. The van der Waals surface area contributed by atoms with Crippen molar-refractivity contribution in [3.63, 3.8) is 0 Å². The summed E-state index contributed by atoms with van der Waals surface area (Å²) < 4.78 is 20.6.